The highest BCUT2D eigenvalue weighted by Crippen LogP contribution is 2.24. The Morgan fingerprint density at radius 2 is 2.04 bits per heavy atom. The zero-order chi connectivity index (χ0) is 20.3. The number of hydrogen-bond acceptors (Lipinski definition) is 6. The highest BCUT2D eigenvalue weighted by atomic mass is 32.2. The first-order valence-electron chi connectivity index (χ1n) is 8.29. The van der Waals surface area contributed by atoms with Crippen molar-refractivity contribution in [2.24, 2.45) is 5.14 Å². The van der Waals surface area contributed by atoms with E-state index in [-0.39, 0.29) is 10.8 Å². The van der Waals surface area contributed by atoms with Crippen LogP contribution in [0.4, 0.5) is 5.69 Å². The van der Waals surface area contributed by atoms with Gasteiger partial charge >= 0.3 is 0 Å². The molecular formula is C19H19N3O4S2. The average molecular weight is 418 g/mol. The maximum atomic E-state index is 12.7. The van der Waals surface area contributed by atoms with Crippen molar-refractivity contribution >= 4 is 33.0 Å². The summed E-state index contributed by atoms with van der Waals surface area (Å²) >= 11 is 1.48. The Hall–Kier alpha value is -2.75. The lowest BCUT2D eigenvalue weighted by Gasteiger charge is -2.13. The third-order valence-electron chi connectivity index (χ3n) is 4.18. The van der Waals surface area contributed by atoms with Gasteiger partial charge in [0.1, 0.15) is 12.4 Å². The number of nitrogens with one attached hydrogen (secondary N) is 1. The molecule has 0 aliphatic carbocycles. The Bertz CT molecular complexity index is 1110. The van der Waals surface area contributed by atoms with E-state index in [0.29, 0.717) is 29.2 Å². The average Bonchev–Trinajstić information content (AvgIpc) is 3.16. The van der Waals surface area contributed by atoms with Crippen molar-refractivity contribution in [2.45, 2.75) is 25.3 Å². The van der Waals surface area contributed by atoms with Gasteiger partial charge in [0.15, 0.2) is 0 Å². The van der Waals surface area contributed by atoms with Crippen LogP contribution in [0.1, 0.15) is 27.2 Å². The summed E-state index contributed by atoms with van der Waals surface area (Å²) in [6.07, 6.45) is 0. The third-order valence-corrected chi connectivity index (χ3v) is 5.71. The number of aromatic nitrogens is 1. The summed E-state index contributed by atoms with van der Waals surface area (Å²) in [4.78, 5) is 16.8. The minimum atomic E-state index is -3.88. The third kappa shape index (κ3) is 4.75. The van der Waals surface area contributed by atoms with E-state index >= 15 is 0 Å². The van der Waals surface area contributed by atoms with Gasteiger partial charge in [0.25, 0.3) is 5.91 Å². The summed E-state index contributed by atoms with van der Waals surface area (Å²) < 4.78 is 29.0. The zero-order valence-corrected chi connectivity index (χ0v) is 16.9. The lowest BCUT2D eigenvalue weighted by atomic mass is 10.1. The number of nitrogens with zero attached hydrogens (tertiary/aromatic N) is 1. The van der Waals surface area contributed by atoms with Crippen molar-refractivity contribution in [3.8, 4) is 5.75 Å². The molecule has 0 saturated heterocycles. The molecule has 0 unspecified atom stereocenters. The van der Waals surface area contributed by atoms with E-state index in [1.807, 2.05) is 5.38 Å². The molecule has 2 aromatic carbocycles. The van der Waals surface area contributed by atoms with Gasteiger partial charge in [-0.25, -0.2) is 18.5 Å². The van der Waals surface area contributed by atoms with E-state index in [2.05, 4.69) is 10.3 Å². The van der Waals surface area contributed by atoms with Crippen LogP contribution in [0.25, 0.3) is 0 Å². The molecule has 0 atom stereocenters. The van der Waals surface area contributed by atoms with E-state index in [4.69, 9.17) is 9.88 Å². The Balaban J connectivity index is 1.80. The van der Waals surface area contributed by atoms with Crippen LogP contribution in [0.3, 0.4) is 0 Å². The number of benzene rings is 2. The lowest BCUT2D eigenvalue weighted by Crippen LogP contribution is -2.16. The van der Waals surface area contributed by atoms with E-state index in [1.165, 1.54) is 23.5 Å². The number of amides is 1. The molecule has 7 nitrogen and oxygen atoms in total. The first kappa shape index (κ1) is 20.0. The summed E-state index contributed by atoms with van der Waals surface area (Å²) in [5.41, 5.74) is 4.78. The van der Waals surface area contributed by atoms with Crippen LogP contribution < -0.4 is 15.2 Å². The summed E-state index contributed by atoms with van der Waals surface area (Å²) in [5.74, 6) is 0.153. The van der Waals surface area contributed by atoms with Crippen LogP contribution >= 0.6 is 11.3 Å². The van der Waals surface area contributed by atoms with Crippen LogP contribution in [0, 0.1) is 13.8 Å². The predicted molar refractivity (Wildman–Crippen MR) is 108 cm³/mol. The molecule has 3 rings (SSSR count). The summed E-state index contributed by atoms with van der Waals surface area (Å²) in [7, 11) is -3.88. The molecule has 0 bridgehead atoms. The van der Waals surface area contributed by atoms with Gasteiger partial charge in [0.05, 0.1) is 16.1 Å². The van der Waals surface area contributed by atoms with Gasteiger partial charge < -0.3 is 10.1 Å². The van der Waals surface area contributed by atoms with Gasteiger partial charge in [-0.3, -0.25) is 4.79 Å². The number of primary sulfonamides is 1. The molecule has 1 amide bonds. The van der Waals surface area contributed by atoms with Gasteiger partial charge in [-0.1, -0.05) is 6.07 Å². The Labute approximate surface area is 167 Å². The van der Waals surface area contributed by atoms with E-state index < -0.39 is 10.0 Å². The molecule has 1 heterocycles. The van der Waals surface area contributed by atoms with E-state index in [1.54, 1.807) is 43.6 Å². The number of ether oxygens (including phenoxy) is 1. The second kappa shape index (κ2) is 8.09. The Kier molecular flexibility index (Phi) is 5.78. The van der Waals surface area contributed by atoms with Crippen molar-refractivity contribution < 1.29 is 17.9 Å². The lowest BCUT2D eigenvalue weighted by molar-refractivity contribution is 0.102. The quantitative estimate of drug-likeness (QED) is 0.639. The first-order chi connectivity index (χ1) is 13.2. The van der Waals surface area contributed by atoms with Crippen LogP contribution in [0.15, 0.2) is 52.2 Å². The van der Waals surface area contributed by atoms with Crippen molar-refractivity contribution in [3.05, 3.63) is 69.7 Å². The second-order valence-electron chi connectivity index (χ2n) is 6.21. The fourth-order valence-electron chi connectivity index (χ4n) is 2.51. The zero-order valence-electron chi connectivity index (χ0n) is 15.3. The Morgan fingerprint density at radius 3 is 2.71 bits per heavy atom. The van der Waals surface area contributed by atoms with Gasteiger partial charge in [-0.15, -0.1) is 11.3 Å². The summed E-state index contributed by atoms with van der Waals surface area (Å²) in [6.45, 7) is 3.86. The topological polar surface area (TPSA) is 111 Å². The minimum Gasteiger partial charge on any atom is -0.487 e. The highest BCUT2D eigenvalue weighted by Gasteiger charge is 2.15. The molecule has 0 fully saturated rings. The van der Waals surface area contributed by atoms with Crippen molar-refractivity contribution in [1.29, 1.82) is 0 Å². The molecule has 3 aromatic rings. The molecule has 0 saturated carbocycles. The second-order valence-corrected chi connectivity index (χ2v) is 8.49. The largest absolute Gasteiger partial charge is 0.487 e. The molecule has 0 aliphatic rings. The number of carbonyl (C=O) groups is 1. The standard InChI is InChI=1S/C19H19N3O4S2/c1-12-6-17(28(20,24)25)8-18(13(12)2)22-19(23)14-4-3-5-16(7-14)26-9-15-10-27-11-21-15/h3-8,10-11H,9H2,1-2H3,(H,22,23)(H2,20,24,25). The molecule has 1 aromatic heterocycles. The highest BCUT2D eigenvalue weighted by molar-refractivity contribution is 7.89. The maximum absolute atomic E-state index is 12.7. The van der Waals surface area contributed by atoms with Gasteiger partial charge in [0.2, 0.25) is 10.0 Å². The van der Waals surface area contributed by atoms with Crippen LogP contribution in [0.5, 0.6) is 5.75 Å². The fourth-order valence-corrected chi connectivity index (χ4v) is 3.67. The number of thiazole rings is 1. The first-order valence-corrected chi connectivity index (χ1v) is 10.8. The summed E-state index contributed by atoms with van der Waals surface area (Å²) in [6, 6.07) is 9.57. The number of hydrogen-bond donors (Lipinski definition) is 2. The predicted octanol–water partition coefficient (Wildman–Crippen LogP) is 3.24. The van der Waals surface area contributed by atoms with Gasteiger partial charge in [-0.2, -0.15) is 0 Å². The number of carbonyl (C=O) groups excluding carboxylic acids is 1. The number of nitrogens with two attached hydrogens (primary N) is 1. The number of rotatable bonds is 6. The normalized spacial score (nSPS) is 11.2. The molecule has 0 radical (unpaired) electrons. The van der Waals surface area contributed by atoms with Crippen LogP contribution in [-0.2, 0) is 16.6 Å². The monoisotopic (exact) mass is 417 g/mol. The molecule has 0 spiro atoms. The molecule has 3 N–H and O–H groups in total. The van der Waals surface area contributed by atoms with E-state index in [9.17, 15) is 13.2 Å². The van der Waals surface area contributed by atoms with Gasteiger partial charge in [-0.05, 0) is 55.3 Å². The summed E-state index contributed by atoms with van der Waals surface area (Å²) in [5, 5.41) is 9.86. The van der Waals surface area contributed by atoms with Crippen LogP contribution in [-0.4, -0.2) is 19.3 Å². The van der Waals surface area contributed by atoms with Crippen molar-refractivity contribution in [2.75, 3.05) is 5.32 Å². The molecular weight excluding hydrogens is 398 g/mol. The van der Waals surface area contributed by atoms with Crippen molar-refractivity contribution in [1.82, 2.24) is 4.98 Å². The molecule has 146 valence electrons. The van der Waals surface area contributed by atoms with Crippen LogP contribution in [0.2, 0.25) is 0 Å². The smallest absolute Gasteiger partial charge is 0.255 e. The number of sulfonamides is 1. The molecule has 28 heavy (non-hydrogen) atoms. The minimum absolute atomic E-state index is 0.0498. The SMILES string of the molecule is Cc1cc(S(N)(=O)=O)cc(NC(=O)c2cccc(OCc3cscn3)c2)c1C. The fraction of sp³-hybridized carbons (Fsp3) is 0.158. The Morgan fingerprint density at radius 1 is 1.25 bits per heavy atom. The molecule has 0 aliphatic heterocycles. The van der Waals surface area contributed by atoms with Crippen molar-refractivity contribution in [3.63, 3.8) is 0 Å². The molecule has 9 heteroatoms. The van der Waals surface area contributed by atoms with Gasteiger partial charge in [0, 0.05) is 16.6 Å². The number of anilines is 1. The maximum Gasteiger partial charge on any atom is 0.255 e. The van der Waals surface area contributed by atoms with E-state index in [0.717, 1.165) is 11.3 Å². The number of aryl methyl sites for hydroxylation is 1.